The van der Waals surface area contributed by atoms with Crippen LogP contribution in [0.15, 0.2) is 42.5 Å². The molecular weight excluding hydrogens is 404 g/mol. The van der Waals surface area contributed by atoms with E-state index in [1.165, 1.54) is 63.1 Å². The first-order valence-corrected chi connectivity index (χ1v) is 11.9. The zero-order valence-corrected chi connectivity index (χ0v) is 19.4. The number of allylic oxidation sites excluding steroid dienone is 4. The molecule has 0 fully saturated rings. The maximum atomic E-state index is 12.1. The van der Waals surface area contributed by atoms with E-state index in [1.54, 1.807) is 0 Å². The number of carboxylic acids is 1. The van der Waals surface area contributed by atoms with Gasteiger partial charge in [-0.05, 0) is 56.7 Å². The van der Waals surface area contributed by atoms with Crippen molar-refractivity contribution < 1.29 is 24.2 Å². The van der Waals surface area contributed by atoms with Gasteiger partial charge in [0.2, 0.25) is 0 Å². The Balaban J connectivity index is 2.06. The van der Waals surface area contributed by atoms with Crippen molar-refractivity contribution in [2.24, 2.45) is 0 Å². The zero-order chi connectivity index (χ0) is 23.4. The Hall–Kier alpha value is -2.69. The Labute approximate surface area is 192 Å². The third kappa shape index (κ3) is 12.9. The van der Waals surface area contributed by atoms with Gasteiger partial charge in [-0.15, -0.1) is 0 Å². The lowest BCUT2D eigenvalue weighted by Gasteiger charge is -2.06. The summed E-state index contributed by atoms with van der Waals surface area (Å²) >= 11 is 0. The van der Waals surface area contributed by atoms with Gasteiger partial charge in [0.15, 0.2) is 0 Å². The molecule has 0 aliphatic rings. The summed E-state index contributed by atoms with van der Waals surface area (Å²) in [5.41, 5.74) is 0.132. The Morgan fingerprint density at radius 3 is 2.03 bits per heavy atom. The fourth-order valence-corrected chi connectivity index (χ4v) is 3.30. The number of aldehydes is 1. The molecule has 0 aliphatic heterocycles. The molecule has 0 aliphatic carbocycles. The number of hydrogen-bond acceptors (Lipinski definition) is 4. The topological polar surface area (TPSA) is 80.7 Å². The van der Waals surface area contributed by atoms with Crippen LogP contribution >= 0.6 is 0 Å². The molecule has 5 nitrogen and oxygen atoms in total. The number of aromatic carboxylic acids is 1. The van der Waals surface area contributed by atoms with Crippen molar-refractivity contribution in [1.29, 1.82) is 0 Å². The number of ether oxygens (including phenoxy) is 1. The zero-order valence-electron chi connectivity index (χ0n) is 19.4. The van der Waals surface area contributed by atoms with Gasteiger partial charge in [0.05, 0.1) is 17.7 Å². The van der Waals surface area contributed by atoms with Crippen molar-refractivity contribution in [2.75, 3.05) is 6.61 Å². The first-order chi connectivity index (χ1) is 15.6. The number of unbranched alkanes of at least 4 members (excludes halogenated alkanes) is 9. The van der Waals surface area contributed by atoms with Gasteiger partial charge in [-0.3, -0.25) is 4.79 Å². The summed E-state index contributed by atoms with van der Waals surface area (Å²) in [6.45, 7) is 2.52. The molecule has 0 heterocycles. The lowest BCUT2D eigenvalue weighted by atomic mass is 10.1. The maximum Gasteiger partial charge on any atom is 0.338 e. The van der Waals surface area contributed by atoms with E-state index in [4.69, 9.17) is 9.84 Å². The second-order valence-electron chi connectivity index (χ2n) is 7.99. The van der Waals surface area contributed by atoms with Crippen LogP contribution in [0.5, 0.6) is 0 Å². The molecule has 1 rings (SSSR count). The summed E-state index contributed by atoms with van der Waals surface area (Å²) in [6.07, 6.45) is 23.2. The molecule has 1 aromatic rings. The molecule has 176 valence electrons. The van der Waals surface area contributed by atoms with Gasteiger partial charge in [0.1, 0.15) is 6.29 Å². The minimum Gasteiger partial charge on any atom is -0.478 e. The monoisotopic (exact) mass is 442 g/mol. The van der Waals surface area contributed by atoms with Crippen LogP contribution < -0.4 is 0 Å². The first-order valence-electron chi connectivity index (χ1n) is 11.9. The van der Waals surface area contributed by atoms with Crippen LogP contribution in [0.2, 0.25) is 0 Å². The summed E-state index contributed by atoms with van der Waals surface area (Å²) in [7, 11) is 0. The van der Waals surface area contributed by atoms with Crippen LogP contribution in [0, 0.1) is 0 Å². The highest BCUT2D eigenvalue weighted by Crippen LogP contribution is 2.12. The molecule has 0 unspecified atom stereocenters. The van der Waals surface area contributed by atoms with E-state index in [2.05, 4.69) is 31.2 Å². The molecule has 0 atom stereocenters. The van der Waals surface area contributed by atoms with E-state index >= 15 is 0 Å². The standard InChI is InChI=1S/C27H38O5/c1-2-3-4-5-6-7-8-9-10-11-12-13-14-15-16-17-18-32-27(31)25-20-23(22-28)19-24(21-25)26(29)30/h6-7,9-10,19-22H,2-5,8,11-18H2,1H3,(H,29,30)/b7-6-,10-9-. The molecule has 0 radical (unpaired) electrons. The highest BCUT2D eigenvalue weighted by molar-refractivity contribution is 5.97. The third-order valence-corrected chi connectivity index (χ3v) is 5.15. The number of hydrogen-bond donors (Lipinski definition) is 1. The van der Waals surface area contributed by atoms with Crippen LogP contribution in [0.4, 0.5) is 0 Å². The fraction of sp³-hybridized carbons (Fsp3) is 0.519. The molecule has 0 spiro atoms. The van der Waals surface area contributed by atoms with E-state index in [1.807, 2.05) is 0 Å². The van der Waals surface area contributed by atoms with Gasteiger partial charge in [0, 0.05) is 5.56 Å². The highest BCUT2D eigenvalue weighted by Gasteiger charge is 2.13. The van der Waals surface area contributed by atoms with E-state index in [0.29, 0.717) is 12.9 Å². The molecule has 32 heavy (non-hydrogen) atoms. The highest BCUT2D eigenvalue weighted by atomic mass is 16.5. The molecular formula is C27H38O5. The molecule has 0 amide bonds. The largest absolute Gasteiger partial charge is 0.478 e. The number of benzene rings is 1. The second-order valence-corrected chi connectivity index (χ2v) is 7.99. The summed E-state index contributed by atoms with van der Waals surface area (Å²) < 4.78 is 5.22. The predicted octanol–water partition coefficient (Wildman–Crippen LogP) is 7.17. The fourth-order valence-electron chi connectivity index (χ4n) is 3.30. The minimum absolute atomic E-state index is 0.0899. The average molecular weight is 443 g/mol. The van der Waals surface area contributed by atoms with E-state index in [0.717, 1.165) is 32.1 Å². The number of rotatable bonds is 18. The van der Waals surface area contributed by atoms with Crippen molar-refractivity contribution in [3.8, 4) is 0 Å². The quantitative estimate of drug-likeness (QED) is 0.113. The Morgan fingerprint density at radius 1 is 0.812 bits per heavy atom. The minimum atomic E-state index is -1.19. The Bertz CT molecular complexity index is 748. The van der Waals surface area contributed by atoms with Crippen molar-refractivity contribution in [3.63, 3.8) is 0 Å². The third-order valence-electron chi connectivity index (χ3n) is 5.15. The number of carbonyl (C=O) groups excluding carboxylic acids is 2. The van der Waals surface area contributed by atoms with Crippen molar-refractivity contribution >= 4 is 18.2 Å². The van der Waals surface area contributed by atoms with Gasteiger partial charge in [0.25, 0.3) is 0 Å². The molecule has 0 saturated heterocycles. The van der Waals surface area contributed by atoms with Gasteiger partial charge in [-0.2, -0.15) is 0 Å². The molecule has 1 aromatic carbocycles. The molecule has 0 bridgehead atoms. The van der Waals surface area contributed by atoms with Crippen molar-refractivity contribution in [3.05, 3.63) is 59.2 Å². The Morgan fingerprint density at radius 2 is 1.41 bits per heavy atom. The predicted molar refractivity (Wildman–Crippen MR) is 128 cm³/mol. The van der Waals surface area contributed by atoms with Crippen LogP contribution in [0.1, 0.15) is 115 Å². The summed E-state index contributed by atoms with van der Waals surface area (Å²) in [6, 6.07) is 3.81. The van der Waals surface area contributed by atoms with Crippen LogP contribution in [-0.2, 0) is 4.74 Å². The van der Waals surface area contributed by atoms with Gasteiger partial charge in [-0.1, -0.05) is 69.8 Å². The summed E-state index contributed by atoms with van der Waals surface area (Å²) in [4.78, 5) is 34.1. The van der Waals surface area contributed by atoms with E-state index < -0.39 is 11.9 Å². The smallest absolute Gasteiger partial charge is 0.338 e. The van der Waals surface area contributed by atoms with Crippen LogP contribution in [0.25, 0.3) is 0 Å². The first kappa shape index (κ1) is 27.3. The van der Waals surface area contributed by atoms with Crippen molar-refractivity contribution in [1.82, 2.24) is 0 Å². The summed E-state index contributed by atoms with van der Waals surface area (Å²) in [5, 5.41) is 9.07. The molecule has 1 N–H and O–H groups in total. The lowest BCUT2D eigenvalue weighted by molar-refractivity contribution is 0.0497. The molecule has 5 heteroatoms. The van der Waals surface area contributed by atoms with Gasteiger partial charge < -0.3 is 9.84 Å². The normalized spacial score (nSPS) is 11.3. The Kier molecular flexibility index (Phi) is 15.3. The van der Waals surface area contributed by atoms with Gasteiger partial charge >= 0.3 is 11.9 Å². The van der Waals surface area contributed by atoms with Gasteiger partial charge in [-0.25, -0.2) is 9.59 Å². The maximum absolute atomic E-state index is 12.1. The average Bonchev–Trinajstić information content (AvgIpc) is 2.80. The summed E-state index contributed by atoms with van der Waals surface area (Å²) in [5.74, 6) is -1.79. The number of esters is 1. The van der Waals surface area contributed by atoms with E-state index in [9.17, 15) is 14.4 Å². The number of carboxylic acid groups (broad SMARTS) is 1. The van der Waals surface area contributed by atoms with Crippen LogP contribution in [0.3, 0.4) is 0 Å². The van der Waals surface area contributed by atoms with E-state index in [-0.39, 0.29) is 16.7 Å². The SMILES string of the molecule is CCCCC/C=C\C/C=C\CCCCCCCCOC(=O)c1cc(C=O)cc(C(=O)O)c1. The molecule has 0 saturated carbocycles. The number of carbonyl (C=O) groups is 3. The second kappa shape index (κ2) is 17.9. The van der Waals surface area contributed by atoms with Crippen LogP contribution in [-0.4, -0.2) is 29.9 Å². The van der Waals surface area contributed by atoms with Crippen molar-refractivity contribution in [2.45, 2.75) is 84.0 Å². The lowest BCUT2D eigenvalue weighted by Crippen LogP contribution is -2.09. The molecule has 0 aromatic heterocycles.